The highest BCUT2D eigenvalue weighted by atomic mass is 16.5. The zero-order valence-electron chi connectivity index (χ0n) is 5.59. The number of carbonyl (C=O) groups is 1. The molecule has 0 unspecified atom stereocenters. The van der Waals surface area contributed by atoms with Crippen molar-refractivity contribution in [1.29, 1.82) is 0 Å². The predicted octanol–water partition coefficient (Wildman–Crippen LogP) is 0.450. The molecule has 0 aliphatic heterocycles. The van der Waals surface area contributed by atoms with Crippen molar-refractivity contribution in [2.24, 2.45) is 5.73 Å². The van der Waals surface area contributed by atoms with E-state index in [2.05, 4.69) is 4.74 Å². The van der Waals surface area contributed by atoms with Gasteiger partial charge in [0.15, 0.2) is 0 Å². The van der Waals surface area contributed by atoms with E-state index in [9.17, 15) is 4.79 Å². The van der Waals surface area contributed by atoms with Gasteiger partial charge in [0.2, 0.25) is 0 Å². The summed E-state index contributed by atoms with van der Waals surface area (Å²) in [5.41, 5.74) is 4.85. The Hall–Kier alpha value is -0.570. The fourth-order valence-electron chi connectivity index (χ4n) is 0.365. The molecule has 0 saturated carbocycles. The summed E-state index contributed by atoms with van der Waals surface area (Å²) in [6.07, 6.45) is 1.93. The maximum atomic E-state index is 10.3. The summed E-state index contributed by atoms with van der Waals surface area (Å²) in [6.45, 7) is 3.43. The van der Waals surface area contributed by atoms with Gasteiger partial charge in [-0.05, 0) is 6.42 Å². The lowest BCUT2D eigenvalue weighted by Crippen LogP contribution is -2.11. The van der Waals surface area contributed by atoms with Gasteiger partial charge in [-0.15, -0.1) is 0 Å². The van der Waals surface area contributed by atoms with E-state index in [0.29, 0.717) is 6.61 Å². The molecule has 2 N–H and O–H groups in total. The maximum Gasteiger partial charge on any atom is 0.325 e. The highest BCUT2D eigenvalue weighted by Gasteiger charge is 1.95. The summed E-state index contributed by atoms with van der Waals surface area (Å²) < 4.78 is 4.61. The number of unbranched alkanes of at least 4 members (excludes halogenated alkanes) is 1. The SMILES string of the molecule is CCCCOC(=O)[CH]N. The third-order valence-electron chi connectivity index (χ3n) is 0.878. The van der Waals surface area contributed by atoms with Crippen LogP contribution in [0.5, 0.6) is 0 Å². The summed E-state index contributed by atoms with van der Waals surface area (Å²) in [4.78, 5) is 10.3. The van der Waals surface area contributed by atoms with Crippen molar-refractivity contribution in [3.05, 3.63) is 6.54 Å². The first-order valence-electron chi connectivity index (χ1n) is 3.03. The molecule has 0 saturated heterocycles. The van der Waals surface area contributed by atoms with E-state index in [1.54, 1.807) is 0 Å². The van der Waals surface area contributed by atoms with Crippen LogP contribution in [0, 0.1) is 6.54 Å². The molecule has 0 aliphatic rings. The molecule has 0 aromatic heterocycles. The van der Waals surface area contributed by atoms with Gasteiger partial charge in [-0.2, -0.15) is 0 Å². The number of carbonyl (C=O) groups excluding carboxylic acids is 1. The fraction of sp³-hybridized carbons (Fsp3) is 0.667. The Bertz CT molecular complexity index is 83.1. The van der Waals surface area contributed by atoms with Crippen LogP contribution in [-0.2, 0) is 9.53 Å². The van der Waals surface area contributed by atoms with Gasteiger partial charge in [0.1, 0.15) is 6.54 Å². The average Bonchev–Trinajstić information content (AvgIpc) is 1.89. The molecule has 9 heavy (non-hydrogen) atoms. The first-order chi connectivity index (χ1) is 4.31. The maximum absolute atomic E-state index is 10.3. The highest BCUT2D eigenvalue weighted by molar-refractivity contribution is 5.77. The van der Waals surface area contributed by atoms with Crippen LogP contribution in [0.2, 0.25) is 0 Å². The fourth-order valence-corrected chi connectivity index (χ4v) is 0.365. The molecule has 3 heteroatoms. The molecule has 53 valence electrons. The lowest BCUT2D eigenvalue weighted by molar-refractivity contribution is -0.139. The van der Waals surface area contributed by atoms with Crippen LogP contribution in [0.3, 0.4) is 0 Å². The second-order valence-corrected chi connectivity index (χ2v) is 1.69. The van der Waals surface area contributed by atoms with Crippen LogP contribution in [0.15, 0.2) is 0 Å². The second-order valence-electron chi connectivity index (χ2n) is 1.69. The van der Waals surface area contributed by atoms with Gasteiger partial charge in [0.25, 0.3) is 0 Å². The molecule has 0 heterocycles. The lowest BCUT2D eigenvalue weighted by atomic mass is 10.4. The van der Waals surface area contributed by atoms with Crippen molar-refractivity contribution < 1.29 is 9.53 Å². The van der Waals surface area contributed by atoms with Crippen molar-refractivity contribution >= 4 is 5.97 Å². The topological polar surface area (TPSA) is 52.3 Å². The van der Waals surface area contributed by atoms with Crippen LogP contribution in [0.25, 0.3) is 0 Å². The van der Waals surface area contributed by atoms with E-state index in [1.165, 1.54) is 0 Å². The standard InChI is InChI=1S/C6H12NO2/c1-2-3-4-9-6(8)5-7/h5H,2-4,7H2,1H3. The first kappa shape index (κ1) is 8.43. The zero-order valence-corrected chi connectivity index (χ0v) is 5.59. The lowest BCUT2D eigenvalue weighted by Gasteiger charge is -1.98. The summed E-state index contributed by atoms with van der Waals surface area (Å²) >= 11 is 0. The molecule has 0 bridgehead atoms. The average molecular weight is 130 g/mol. The van der Waals surface area contributed by atoms with Crippen molar-refractivity contribution in [2.75, 3.05) is 6.61 Å². The predicted molar refractivity (Wildman–Crippen MR) is 34.4 cm³/mol. The van der Waals surface area contributed by atoms with E-state index in [-0.39, 0.29) is 0 Å². The van der Waals surface area contributed by atoms with E-state index in [1.807, 2.05) is 6.92 Å². The smallest absolute Gasteiger partial charge is 0.325 e. The minimum atomic E-state index is -0.441. The monoisotopic (exact) mass is 130 g/mol. The Morgan fingerprint density at radius 2 is 2.44 bits per heavy atom. The van der Waals surface area contributed by atoms with Crippen molar-refractivity contribution in [3.63, 3.8) is 0 Å². The van der Waals surface area contributed by atoms with Crippen molar-refractivity contribution in [1.82, 2.24) is 0 Å². The Morgan fingerprint density at radius 1 is 1.78 bits per heavy atom. The Balaban J connectivity index is 2.97. The van der Waals surface area contributed by atoms with E-state index >= 15 is 0 Å². The van der Waals surface area contributed by atoms with Gasteiger partial charge in [-0.1, -0.05) is 13.3 Å². The summed E-state index contributed by atoms with van der Waals surface area (Å²) in [7, 11) is 0. The molecule has 0 amide bonds. The molecular formula is C6H12NO2. The third-order valence-corrected chi connectivity index (χ3v) is 0.878. The van der Waals surface area contributed by atoms with Gasteiger partial charge in [0, 0.05) is 0 Å². The number of rotatable bonds is 4. The molecule has 0 atom stereocenters. The molecule has 0 aromatic rings. The summed E-state index contributed by atoms with van der Waals surface area (Å²) in [6, 6.07) is 0. The quantitative estimate of drug-likeness (QED) is 0.444. The summed E-state index contributed by atoms with van der Waals surface area (Å²) in [5, 5.41) is 0. The Morgan fingerprint density at radius 3 is 2.89 bits per heavy atom. The van der Waals surface area contributed by atoms with Crippen LogP contribution < -0.4 is 5.73 Å². The van der Waals surface area contributed by atoms with Gasteiger partial charge in [-0.25, -0.2) is 0 Å². The van der Waals surface area contributed by atoms with E-state index < -0.39 is 5.97 Å². The van der Waals surface area contributed by atoms with E-state index in [4.69, 9.17) is 5.73 Å². The van der Waals surface area contributed by atoms with Gasteiger partial charge < -0.3 is 10.5 Å². The molecule has 0 aliphatic carbocycles. The molecule has 0 rings (SSSR count). The van der Waals surface area contributed by atoms with Gasteiger partial charge >= 0.3 is 5.97 Å². The minimum absolute atomic E-state index is 0.441. The Kier molecular flexibility index (Phi) is 5.21. The third kappa shape index (κ3) is 5.30. The second kappa shape index (κ2) is 5.56. The van der Waals surface area contributed by atoms with Crippen LogP contribution in [0.4, 0.5) is 0 Å². The van der Waals surface area contributed by atoms with E-state index in [0.717, 1.165) is 19.4 Å². The van der Waals surface area contributed by atoms with Crippen LogP contribution >= 0.6 is 0 Å². The van der Waals surface area contributed by atoms with Crippen molar-refractivity contribution in [2.45, 2.75) is 19.8 Å². The van der Waals surface area contributed by atoms with Crippen LogP contribution in [0.1, 0.15) is 19.8 Å². The van der Waals surface area contributed by atoms with Gasteiger partial charge in [0.05, 0.1) is 6.61 Å². The zero-order chi connectivity index (χ0) is 7.11. The minimum Gasteiger partial charge on any atom is -0.464 e. The molecule has 0 aromatic carbocycles. The molecule has 3 nitrogen and oxygen atoms in total. The Labute approximate surface area is 55.2 Å². The highest BCUT2D eigenvalue weighted by Crippen LogP contribution is 1.87. The van der Waals surface area contributed by atoms with Crippen molar-refractivity contribution in [3.8, 4) is 0 Å². The first-order valence-corrected chi connectivity index (χ1v) is 3.03. The molecule has 0 fully saturated rings. The molecular weight excluding hydrogens is 118 g/mol. The number of hydrogen-bond donors (Lipinski definition) is 1. The number of hydrogen-bond acceptors (Lipinski definition) is 3. The number of ether oxygens (including phenoxy) is 1. The molecule has 0 spiro atoms. The summed E-state index contributed by atoms with van der Waals surface area (Å²) in [5.74, 6) is -0.441. The van der Waals surface area contributed by atoms with Crippen LogP contribution in [-0.4, -0.2) is 12.6 Å². The largest absolute Gasteiger partial charge is 0.464 e. The number of esters is 1. The van der Waals surface area contributed by atoms with Gasteiger partial charge in [-0.3, -0.25) is 4.79 Å². The normalized spacial score (nSPS) is 9.11. The number of nitrogens with two attached hydrogens (primary N) is 1. The molecule has 1 radical (unpaired) electrons.